The van der Waals surface area contributed by atoms with E-state index >= 15 is 0 Å². The van der Waals surface area contributed by atoms with Gasteiger partial charge in [-0.25, -0.2) is 0 Å². The number of rotatable bonds is 4. The smallest absolute Gasteiger partial charge is 0.255 e. The minimum atomic E-state index is -0.168. The molecule has 0 unspecified atom stereocenters. The molecule has 0 aromatic heterocycles. The van der Waals surface area contributed by atoms with Crippen LogP contribution in [0.5, 0.6) is 0 Å². The molecule has 2 aromatic rings. The van der Waals surface area contributed by atoms with Gasteiger partial charge in [-0.15, -0.1) is 0 Å². The van der Waals surface area contributed by atoms with Gasteiger partial charge in [0.25, 0.3) is 5.91 Å². The van der Waals surface area contributed by atoms with E-state index in [1.54, 1.807) is 12.1 Å². The van der Waals surface area contributed by atoms with E-state index in [0.29, 0.717) is 17.3 Å². The largest absolute Gasteiger partial charge is 0.326 e. The summed E-state index contributed by atoms with van der Waals surface area (Å²) in [5.41, 5.74) is 2.98. The van der Waals surface area contributed by atoms with E-state index in [4.69, 9.17) is 0 Å². The van der Waals surface area contributed by atoms with Crippen LogP contribution in [0.2, 0.25) is 0 Å². The Labute approximate surface area is 154 Å². The van der Waals surface area contributed by atoms with Gasteiger partial charge in [0.15, 0.2) is 0 Å². The molecule has 0 aliphatic carbocycles. The van der Waals surface area contributed by atoms with Crippen LogP contribution in [0.1, 0.15) is 35.7 Å². The Morgan fingerprint density at radius 1 is 1.08 bits per heavy atom. The standard InChI is InChI=1S/C21H25N3O2/c1-14-8-9-18(23-20(25)16-6-4-3-5-7-16)13-19(14)24-21(26)17-10-11-22-15(2)12-17/h3-9,13,15,17,22H,10-12H2,1-2H3,(H,23,25)(H,24,26)/t15-,17-/m0/s1. The third-order valence-corrected chi connectivity index (χ3v) is 4.78. The van der Waals surface area contributed by atoms with Gasteiger partial charge in [0, 0.05) is 28.9 Å². The molecule has 2 atom stereocenters. The Morgan fingerprint density at radius 3 is 2.58 bits per heavy atom. The van der Waals surface area contributed by atoms with E-state index in [0.717, 1.165) is 30.6 Å². The molecule has 1 heterocycles. The lowest BCUT2D eigenvalue weighted by Crippen LogP contribution is -2.40. The summed E-state index contributed by atoms with van der Waals surface area (Å²) in [6.45, 7) is 4.92. The van der Waals surface area contributed by atoms with Gasteiger partial charge in [0.2, 0.25) is 5.91 Å². The fourth-order valence-electron chi connectivity index (χ4n) is 3.23. The van der Waals surface area contributed by atoms with Crippen LogP contribution >= 0.6 is 0 Å². The van der Waals surface area contributed by atoms with Crippen LogP contribution in [0, 0.1) is 12.8 Å². The van der Waals surface area contributed by atoms with Gasteiger partial charge in [-0.2, -0.15) is 0 Å². The summed E-state index contributed by atoms with van der Waals surface area (Å²) in [7, 11) is 0. The van der Waals surface area contributed by atoms with Gasteiger partial charge in [-0.3, -0.25) is 9.59 Å². The molecule has 2 amide bonds. The first kappa shape index (κ1) is 18.1. The van der Waals surface area contributed by atoms with Crippen LogP contribution in [0.15, 0.2) is 48.5 Å². The summed E-state index contributed by atoms with van der Waals surface area (Å²) in [6.07, 6.45) is 1.69. The molecule has 5 heteroatoms. The lowest BCUT2D eigenvalue weighted by atomic mass is 9.92. The van der Waals surface area contributed by atoms with Crippen molar-refractivity contribution in [1.82, 2.24) is 5.32 Å². The molecule has 1 fully saturated rings. The zero-order valence-corrected chi connectivity index (χ0v) is 15.2. The summed E-state index contributed by atoms with van der Waals surface area (Å²) in [5, 5.41) is 9.28. The van der Waals surface area contributed by atoms with Crippen LogP contribution < -0.4 is 16.0 Å². The van der Waals surface area contributed by atoms with E-state index in [1.165, 1.54) is 0 Å². The fourth-order valence-corrected chi connectivity index (χ4v) is 3.23. The van der Waals surface area contributed by atoms with Crippen molar-refractivity contribution in [2.24, 2.45) is 5.92 Å². The highest BCUT2D eigenvalue weighted by atomic mass is 16.2. The second kappa shape index (κ2) is 8.15. The number of nitrogens with one attached hydrogen (secondary N) is 3. The normalized spacial score (nSPS) is 19.6. The van der Waals surface area contributed by atoms with Crippen molar-refractivity contribution in [3.05, 3.63) is 59.7 Å². The molecule has 0 radical (unpaired) electrons. The van der Waals surface area contributed by atoms with Crippen molar-refractivity contribution in [3.8, 4) is 0 Å². The Balaban J connectivity index is 1.69. The van der Waals surface area contributed by atoms with Crippen molar-refractivity contribution in [1.29, 1.82) is 0 Å². The highest BCUT2D eigenvalue weighted by Crippen LogP contribution is 2.24. The number of amides is 2. The van der Waals surface area contributed by atoms with E-state index < -0.39 is 0 Å². The molecule has 3 rings (SSSR count). The van der Waals surface area contributed by atoms with Gasteiger partial charge in [-0.05, 0) is 63.1 Å². The molecule has 136 valence electrons. The second-order valence-corrected chi connectivity index (χ2v) is 6.92. The summed E-state index contributed by atoms with van der Waals surface area (Å²) in [4.78, 5) is 24.9. The topological polar surface area (TPSA) is 70.2 Å². The highest BCUT2D eigenvalue weighted by Gasteiger charge is 2.25. The molecular weight excluding hydrogens is 326 g/mol. The zero-order chi connectivity index (χ0) is 18.5. The van der Waals surface area contributed by atoms with Gasteiger partial charge < -0.3 is 16.0 Å². The first-order valence-corrected chi connectivity index (χ1v) is 9.04. The van der Waals surface area contributed by atoms with E-state index in [1.807, 2.05) is 43.3 Å². The van der Waals surface area contributed by atoms with Crippen LogP contribution in [0.3, 0.4) is 0 Å². The summed E-state index contributed by atoms with van der Waals surface area (Å²) in [5.74, 6) is -0.0971. The lowest BCUT2D eigenvalue weighted by Gasteiger charge is -2.27. The summed E-state index contributed by atoms with van der Waals surface area (Å²) < 4.78 is 0. The van der Waals surface area contributed by atoms with Crippen LogP contribution in [-0.2, 0) is 4.79 Å². The molecule has 26 heavy (non-hydrogen) atoms. The van der Waals surface area contributed by atoms with Gasteiger partial charge in [0.05, 0.1) is 0 Å². The first-order chi connectivity index (χ1) is 12.5. The Morgan fingerprint density at radius 2 is 1.85 bits per heavy atom. The third kappa shape index (κ3) is 4.49. The van der Waals surface area contributed by atoms with Crippen molar-refractivity contribution in [3.63, 3.8) is 0 Å². The van der Waals surface area contributed by atoms with Crippen molar-refractivity contribution < 1.29 is 9.59 Å². The van der Waals surface area contributed by atoms with Crippen molar-refractivity contribution in [2.45, 2.75) is 32.7 Å². The quantitative estimate of drug-likeness (QED) is 0.789. The van der Waals surface area contributed by atoms with Gasteiger partial charge in [-0.1, -0.05) is 24.3 Å². The summed E-state index contributed by atoms with van der Waals surface area (Å²) in [6, 6.07) is 15.0. The predicted octanol–water partition coefficient (Wildman–Crippen LogP) is 3.57. The maximum Gasteiger partial charge on any atom is 0.255 e. The maximum absolute atomic E-state index is 12.6. The minimum Gasteiger partial charge on any atom is -0.326 e. The molecule has 0 bridgehead atoms. The number of hydrogen-bond acceptors (Lipinski definition) is 3. The Hall–Kier alpha value is -2.66. The fraction of sp³-hybridized carbons (Fsp3) is 0.333. The maximum atomic E-state index is 12.6. The number of carbonyl (C=O) groups excluding carboxylic acids is 2. The average Bonchev–Trinajstić information content (AvgIpc) is 2.65. The van der Waals surface area contributed by atoms with E-state index in [9.17, 15) is 9.59 Å². The van der Waals surface area contributed by atoms with Crippen LogP contribution in [0.4, 0.5) is 11.4 Å². The second-order valence-electron chi connectivity index (χ2n) is 6.92. The monoisotopic (exact) mass is 351 g/mol. The molecule has 1 saturated heterocycles. The van der Waals surface area contributed by atoms with Gasteiger partial charge in [0.1, 0.15) is 0 Å². The Kier molecular flexibility index (Phi) is 5.68. The third-order valence-electron chi connectivity index (χ3n) is 4.78. The molecule has 2 aromatic carbocycles. The molecule has 0 saturated carbocycles. The zero-order valence-electron chi connectivity index (χ0n) is 15.2. The molecular formula is C21H25N3O2. The number of hydrogen-bond donors (Lipinski definition) is 3. The number of aryl methyl sites for hydroxylation is 1. The number of benzene rings is 2. The van der Waals surface area contributed by atoms with Crippen molar-refractivity contribution in [2.75, 3.05) is 17.2 Å². The number of anilines is 2. The minimum absolute atomic E-state index is 0.0215. The SMILES string of the molecule is Cc1ccc(NC(=O)c2ccccc2)cc1NC(=O)[C@H]1CCN[C@@H](C)C1. The molecule has 3 N–H and O–H groups in total. The predicted molar refractivity (Wildman–Crippen MR) is 104 cm³/mol. The van der Waals surface area contributed by atoms with Crippen LogP contribution in [0.25, 0.3) is 0 Å². The van der Waals surface area contributed by atoms with E-state index in [2.05, 4.69) is 22.9 Å². The van der Waals surface area contributed by atoms with Crippen LogP contribution in [-0.4, -0.2) is 24.4 Å². The molecule has 5 nitrogen and oxygen atoms in total. The van der Waals surface area contributed by atoms with E-state index in [-0.39, 0.29) is 17.7 Å². The molecule has 0 spiro atoms. The number of carbonyl (C=O) groups is 2. The molecule has 1 aliphatic heterocycles. The number of piperidine rings is 1. The van der Waals surface area contributed by atoms with Crippen molar-refractivity contribution >= 4 is 23.2 Å². The summed E-state index contributed by atoms with van der Waals surface area (Å²) >= 11 is 0. The average molecular weight is 351 g/mol. The Bertz CT molecular complexity index is 789. The van der Waals surface area contributed by atoms with Gasteiger partial charge >= 0.3 is 0 Å². The first-order valence-electron chi connectivity index (χ1n) is 9.04. The highest BCUT2D eigenvalue weighted by molar-refractivity contribution is 6.04. The lowest BCUT2D eigenvalue weighted by molar-refractivity contribution is -0.120. The molecule has 1 aliphatic rings.